The third kappa shape index (κ3) is 2.56. The Labute approximate surface area is 123 Å². The van der Waals surface area contributed by atoms with Crippen molar-refractivity contribution >= 4 is 5.91 Å². The molecule has 2 aliphatic heterocycles. The minimum absolute atomic E-state index is 0.0416. The number of rotatable bonds is 2. The van der Waals surface area contributed by atoms with Crippen molar-refractivity contribution in [2.24, 2.45) is 5.73 Å². The number of hydrogen-bond donors (Lipinski definition) is 1. The van der Waals surface area contributed by atoms with E-state index in [1.54, 1.807) is 18.2 Å². The van der Waals surface area contributed by atoms with Gasteiger partial charge in [0, 0.05) is 18.7 Å². The maximum Gasteiger partial charge on any atom is 0.254 e. The molecule has 0 aromatic heterocycles. The van der Waals surface area contributed by atoms with E-state index < -0.39 is 0 Å². The molecular formula is C15H20N2O4. The number of fused-ring (bicyclic) bond motifs is 1. The number of morpholine rings is 1. The lowest BCUT2D eigenvalue weighted by molar-refractivity contribution is -0.0788. The largest absolute Gasteiger partial charge is 0.454 e. The second-order valence-electron chi connectivity index (χ2n) is 5.96. The molecule has 2 heterocycles. The quantitative estimate of drug-likeness (QED) is 0.880. The highest BCUT2D eigenvalue weighted by Gasteiger charge is 2.38. The van der Waals surface area contributed by atoms with E-state index in [9.17, 15) is 4.79 Å². The number of carbonyl (C=O) groups is 1. The third-order valence-electron chi connectivity index (χ3n) is 3.92. The van der Waals surface area contributed by atoms with Crippen LogP contribution in [0.5, 0.6) is 11.5 Å². The van der Waals surface area contributed by atoms with Crippen molar-refractivity contribution in [3.63, 3.8) is 0 Å². The van der Waals surface area contributed by atoms with Gasteiger partial charge in [-0.15, -0.1) is 0 Å². The maximum atomic E-state index is 12.8. The van der Waals surface area contributed by atoms with E-state index in [1.807, 2.05) is 18.7 Å². The van der Waals surface area contributed by atoms with Gasteiger partial charge in [0.05, 0.1) is 18.2 Å². The summed E-state index contributed by atoms with van der Waals surface area (Å²) in [5, 5.41) is 0. The van der Waals surface area contributed by atoms with Crippen LogP contribution in [-0.4, -0.2) is 48.9 Å². The van der Waals surface area contributed by atoms with Crippen LogP contribution in [-0.2, 0) is 4.74 Å². The fraction of sp³-hybridized carbons (Fsp3) is 0.533. The van der Waals surface area contributed by atoms with E-state index in [0.717, 1.165) is 0 Å². The van der Waals surface area contributed by atoms with Crippen LogP contribution < -0.4 is 15.2 Å². The van der Waals surface area contributed by atoms with E-state index in [1.165, 1.54) is 0 Å². The molecule has 3 rings (SSSR count). The Morgan fingerprint density at radius 3 is 2.90 bits per heavy atom. The molecule has 6 nitrogen and oxygen atoms in total. The Hall–Kier alpha value is -1.79. The first kappa shape index (κ1) is 14.2. The Morgan fingerprint density at radius 2 is 2.14 bits per heavy atom. The first-order valence-electron chi connectivity index (χ1n) is 7.04. The number of nitrogens with two attached hydrogens (primary N) is 1. The molecule has 1 atom stereocenters. The van der Waals surface area contributed by atoms with Gasteiger partial charge in [0.15, 0.2) is 11.5 Å². The van der Waals surface area contributed by atoms with Crippen molar-refractivity contribution < 1.29 is 19.0 Å². The van der Waals surface area contributed by atoms with Gasteiger partial charge in [-0.2, -0.15) is 0 Å². The summed E-state index contributed by atoms with van der Waals surface area (Å²) in [4.78, 5) is 14.6. The van der Waals surface area contributed by atoms with E-state index in [0.29, 0.717) is 36.8 Å². The SMILES string of the molecule is CC1(C)COC(CN)CN1C(=O)c1ccc2c(c1)OCO2. The van der Waals surface area contributed by atoms with Crippen LogP contribution in [0.3, 0.4) is 0 Å². The fourth-order valence-electron chi connectivity index (χ4n) is 2.59. The Kier molecular flexibility index (Phi) is 3.51. The van der Waals surface area contributed by atoms with Gasteiger partial charge in [0.25, 0.3) is 5.91 Å². The predicted molar refractivity (Wildman–Crippen MR) is 76.5 cm³/mol. The van der Waals surface area contributed by atoms with Crippen molar-refractivity contribution in [2.75, 3.05) is 26.5 Å². The monoisotopic (exact) mass is 292 g/mol. The molecule has 1 aromatic carbocycles. The minimum Gasteiger partial charge on any atom is -0.454 e. The first-order chi connectivity index (χ1) is 10.0. The molecule has 2 N–H and O–H groups in total. The highest BCUT2D eigenvalue weighted by Crippen LogP contribution is 2.33. The Balaban J connectivity index is 1.85. The number of nitrogens with zero attached hydrogens (tertiary/aromatic N) is 1. The zero-order valence-corrected chi connectivity index (χ0v) is 12.3. The van der Waals surface area contributed by atoms with E-state index in [-0.39, 0.29) is 24.3 Å². The topological polar surface area (TPSA) is 74.0 Å². The number of carbonyl (C=O) groups excluding carboxylic acids is 1. The van der Waals surface area contributed by atoms with E-state index >= 15 is 0 Å². The van der Waals surface area contributed by atoms with Crippen molar-refractivity contribution in [3.8, 4) is 11.5 Å². The van der Waals surface area contributed by atoms with Gasteiger partial charge in [-0.05, 0) is 32.0 Å². The average molecular weight is 292 g/mol. The zero-order chi connectivity index (χ0) is 15.0. The highest BCUT2D eigenvalue weighted by atomic mass is 16.7. The standard InChI is InChI=1S/C15H20N2O4/c1-15(2)8-19-11(6-16)7-17(15)14(18)10-3-4-12-13(5-10)21-9-20-12/h3-5,11H,6-9,16H2,1-2H3. The smallest absolute Gasteiger partial charge is 0.254 e. The van der Waals surface area contributed by atoms with Gasteiger partial charge in [-0.25, -0.2) is 0 Å². The van der Waals surface area contributed by atoms with Crippen molar-refractivity contribution in [1.29, 1.82) is 0 Å². The first-order valence-corrected chi connectivity index (χ1v) is 7.04. The van der Waals surface area contributed by atoms with E-state index in [2.05, 4.69) is 0 Å². The fourth-order valence-corrected chi connectivity index (χ4v) is 2.59. The molecule has 0 saturated carbocycles. The molecule has 1 unspecified atom stereocenters. The summed E-state index contributed by atoms with van der Waals surface area (Å²) in [7, 11) is 0. The van der Waals surface area contributed by atoms with Crippen LogP contribution in [0.2, 0.25) is 0 Å². The Bertz CT molecular complexity index is 559. The van der Waals surface area contributed by atoms with Gasteiger partial charge >= 0.3 is 0 Å². The predicted octanol–water partition coefficient (Wildman–Crippen LogP) is 0.994. The number of ether oxygens (including phenoxy) is 3. The maximum absolute atomic E-state index is 12.8. The lowest BCUT2D eigenvalue weighted by Crippen LogP contribution is -2.59. The number of benzene rings is 1. The third-order valence-corrected chi connectivity index (χ3v) is 3.92. The summed E-state index contributed by atoms with van der Waals surface area (Å²) in [6.45, 7) is 5.56. The molecule has 114 valence electrons. The van der Waals surface area contributed by atoms with Crippen molar-refractivity contribution in [3.05, 3.63) is 23.8 Å². The summed E-state index contributed by atoms with van der Waals surface area (Å²) in [5.74, 6) is 1.25. The molecule has 1 aromatic rings. The molecule has 1 saturated heterocycles. The summed E-state index contributed by atoms with van der Waals surface area (Å²) in [6.07, 6.45) is -0.115. The second-order valence-corrected chi connectivity index (χ2v) is 5.96. The lowest BCUT2D eigenvalue weighted by Gasteiger charge is -2.45. The van der Waals surface area contributed by atoms with Gasteiger partial charge in [0.2, 0.25) is 6.79 Å². The van der Waals surface area contributed by atoms with Crippen molar-refractivity contribution in [2.45, 2.75) is 25.5 Å². The average Bonchev–Trinajstić information content (AvgIpc) is 2.93. The summed E-state index contributed by atoms with van der Waals surface area (Å²) >= 11 is 0. The van der Waals surface area contributed by atoms with Crippen LogP contribution in [0.4, 0.5) is 0 Å². The number of amides is 1. The number of hydrogen-bond acceptors (Lipinski definition) is 5. The van der Waals surface area contributed by atoms with Crippen LogP contribution in [0, 0.1) is 0 Å². The molecule has 0 radical (unpaired) electrons. The minimum atomic E-state index is -0.362. The van der Waals surface area contributed by atoms with Gasteiger partial charge in [0.1, 0.15) is 0 Å². The van der Waals surface area contributed by atoms with Gasteiger partial charge < -0.3 is 24.8 Å². The van der Waals surface area contributed by atoms with Crippen LogP contribution in [0.1, 0.15) is 24.2 Å². The van der Waals surface area contributed by atoms with Crippen LogP contribution in [0.25, 0.3) is 0 Å². The molecule has 1 amide bonds. The lowest BCUT2D eigenvalue weighted by atomic mass is 9.99. The van der Waals surface area contributed by atoms with Gasteiger partial charge in [-0.1, -0.05) is 0 Å². The van der Waals surface area contributed by atoms with E-state index in [4.69, 9.17) is 19.9 Å². The molecule has 0 spiro atoms. The Morgan fingerprint density at radius 1 is 1.38 bits per heavy atom. The molecule has 1 fully saturated rings. The molecular weight excluding hydrogens is 272 g/mol. The van der Waals surface area contributed by atoms with Gasteiger partial charge in [-0.3, -0.25) is 4.79 Å². The molecule has 6 heteroatoms. The molecule has 21 heavy (non-hydrogen) atoms. The van der Waals surface area contributed by atoms with Crippen LogP contribution >= 0.6 is 0 Å². The molecule has 2 aliphatic rings. The highest BCUT2D eigenvalue weighted by molar-refractivity contribution is 5.95. The molecule has 0 aliphatic carbocycles. The van der Waals surface area contributed by atoms with Crippen molar-refractivity contribution in [1.82, 2.24) is 4.90 Å². The summed E-state index contributed by atoms with van der Waals surface area (Å²) < 4.78 is 16.3. The molecule has 0 bridgehead atoms. The second kappa shape index (κ2) is 5.20. The summed E-state index contributed by atoms with van der Waals surface area (Å²) in [5.41, 5.74) is 5.89. The van der Waals surface area contributed by atoms with Crippen LogP contribution in [0.15, 0.2) is 18.2 Å². The zero-order valence-electron chi connectivity index (χ0n) is 12.3. The normalized spacial score (nSPS) is 23.2. The summed E-state index contributed by atoms with van der Waals surface area (Å²) in [6, 6.07) is 5.26.